The summed E-state index contributed by atoms with van der Waals surface area (Å²) in [5.74, 6) is 0. The molecule has 0 saturated heterocycles. The van der Waals surface area contributed by atoms with Crippen molar-refractivity contribution in [3.8, 4) is 0 Å². The van der Waals surface area contributed by atoms with Gasteiger partial charge in [-0.1, -0.05) is 12.5 Å². The number of hydrogen-bond donors (Lipinski definition) is 0. The van der Waals surface area contributed by atoms with Crippen LogP contribution in [-0.4, -0.2) is 19.8 Å². The average Bonchev–Trinajstić information content (AvgIpc) is 1.84. The number of rotatable bonds is 1. The van der Waals surface area contributed by atoms with Crippen molar-refractivity contribution in [3.05, 3.63) is 23.3 Å². The van der Waals surface area contributed by atoms with Crippen LogP contribution in [0.5, 0.6) is 0 Å². The summed E-state index contributed by atoms with van der Waals surface area (Å²) in [5, 5.41) is 0. The van der Waals surface area contributed by atoms with Crippen LogP contribution in [0.25, 0.3) is 0 Å². The van der Waals surface area contributed by atoms with Crippen LogP contribution in [0.3, 0.4) is 0 Å². The fraction of sp³-hybridized carbons (Fsp3) is 0.500. The Labute approximate surface area is 83.2 Å². The van der Waals surface area contributed by atoms with Gasteiger partial charge in [0, 0.05) is 25.4 Å². The van der Waals surface area contributed by atoms with E-state index in [1.807, 2.05) is 27.7 Å². The molecule has 0 nitrogen and oxygen atoms in total. The number of hydrogen-bond acceptors (Lipinski definition) is 0. The van der Waals surface area contributed by atoms with Crippen molar-refractivity contribution in [2.75, 3.05) is 0 Å². The van der Waals surface area contributed by atoms with Crippen LogP contribution < -0.4 is 12.4 Å². The van der Waals surface area contributed by atoms with Gasteiger partial charge in [0.15, 0.2) is 0 Å². The Morgan fingerprint density at radius 1 is 1.30 bits per heavy atom. The Hall–Kier alpha value is 0.316. The van der Waals surface area contributed by atoms with E-state index in [9.17, 15) is 0 Å². The molecular weight excluding hydrogens is 201 g/mol. The normalized spacial score (nSPS) is 10.8. The van der Waals surface area contributed by atoms with Crippen LogP contribution in [0, 0.1) is 12.2 Å². The Morgan fingerprint density at radius 2 is 1.70 bits per heavy atom. The second-order valence-electron chi connectivity index (χ2n) is 1.75. The van der Waals surface area contributed by atoms with Gasteiger partial charge < -0.3 is 12.4 Å². The van der Waals surface area contributed by atoms with E-state index in [2.05, 4.69) is 12.2 Å². The Balaban J connectivity index is -0.000000245. The topological polar surface area (TPSA) is 0 Å². The molecule has 0 bridgehead atoms. The molecule has 0 unspecified atom stereocenters. The summed E-state index contributed by atoms with van der Waals surface area (Å²) >= 11 is 0. The zero-order chi connectivity index (χ0) is 6.57. The molecule has 0 saturated carbocycles. The van der Waals surface area contributed by atoms with Gasteiger partial charge in [-0.15, -0.1) is 6.92 Å². The molecule has 0 aliphatic carbocycles. The van der Waals surface area contributed by atoms with Gasteiger partial charge in [0.1, 0.15) is 0 Å². The third-order valence-corrected chi connectivity index (χ3v) is 1.31. The maximum Gasteiger partial charge on any atom is 0.0569 e. The van der Waals surface area contributed by atoms with Crippen molar-refractivity contribution < 1.29 is 12.4 Å². The van der Waals surface area contributed by atoms with Crippen molar-refractivity contribution in [3.63, 3.8) is 0 Å². The molecule has 2 heteroatoms. The molecule has 0 atom stereocenters. The fourth-order valence-electron chi connectivity index (χ4n) is 0.375. The van der Waals surface area contributed by atoms with Crippen LogP contribution in [0.1, 0.15) is 27.7 Å². The zero-order valence-electron chi connectivity index (χ0n) is 6.96. The second-order valence-corrected chi connectivity index (χ2v) is 1.75. The molecule has 10 heavy (non-hydrogen) atoms. The molecule has 0 fully saturated rings. The molecule has 0 amide bonds. The van der Waals surface area contributed by atoms with Gasteiger partial charge in [0.05, 0.1) is 6.92 Å². The minimum atomic E-state index is 0. The Morgan fingerprint density at radius 3 is 1.80 bits per heavy atom. The molecule has 55 valence electrons. The summed E-state index contributed by atoms with van der Waals surface area (Å²) in [6, 6.07) is 0. The van der Waals surface area contributed by atoms with Crippen molar-refractivity contribution in [1.29, 1.82) is 0 Å². The van der Waals surface area contributed by atoms with Crippen LogP contribution in [-0.2, 0) is 0 Å². The van der Waals surface area contributed by atoms with Gasteiger partial charge in [-0.3, -0.25) is 0 Å². The first-order valence-electron chi connectivity index (χ1n) is 2.75. The van der Waals surface area contributed by atoms with E-state index in [0.717, 1.165) is 0 Å². The van der Waals surface area contributed by atoms with Crippen LogP contribution in [0.15, 0.2) is 11.1 Å². The van der Waals surface area contributed by atoms with Crippen molar-refractivity contribution in [2.24, 2.45) is 0 Å². The SMILES string of the molecule is C[C+]=C(C)C(C)=[C-]C.[Cl-].[Ga]. The number of allylic oxidation sites excluding steroid dienone is 4. The summed E-state index contributed by atoms with van der Waals surface area (Å²) in [6.07, 6.45) is 6.07. The van der Waals surface area contributed by atoms with Crippen molar-refractivity contribution >= 4 is 19.8 Å². The van der Waals surface area contributed by atoms with Gasteiger partial charge in [-0.2, -0.15) is 6.08 Å². The minimum Gasteiger partial charge on any atom is -1.00 e. The molecule has 0 rings (SSSR count). The third kappa shape index (κ3) is 6.44. The maximum atomic E-state index is 3.03. The Kier molecular flexibility index (Phi) is 15.6. The Bertz CT molecular complexity index is 109. The molecule has 0 N–H and O–H groups in total. The monoisotopic (exact) mass is 212 g/mol. The summed E-state index contributed by atoms with van der Waals surface area (Å²) in [4.78, 5) is 0. The van der Waals surface area contributed by atoms with Gasteiger partial charge in [0.25, 0.3) is 0 Å². The standard InChI is InChI=1S/C8H12.ClH.Ga/c1-5-7(3)8(4)6-2;;/h1-4H3;1H;/p-1. The first kappa shape index (κ1) is 16.7. The van der Waals surface area contributed by atoms with Crippen molar-refractivity contribution in [2.45, 2.75) is 27.7 Å². The van der Waals surface area contributed by atoms with Crippen LogP contribution in [0.2, 0.25) is 0 Å². The largest absolute Gasteiger partial charge is 1.00 e. The summed E-state index contributed by atoms with van der Waals surface area (Å²) in [5.41, 5.74) is 2.38. The molecule has 0 aromatic heterocycles. The van der Waals surface area contributed by atoms with Gasteiger partial charge >= 0.3 is 0 Å². The summed E-state index contributed by atoms with van der Waals surface area (Å²) < 4.78 is 0. The summed E-state index contributed by atoms with van der Waals surface area (Å²) in [6.45, 7) is 7.89. The van der Waals surface area contributed by atoms with E-state index in [-0.39, 0.29) is 32.2 Å². The fourth-order valence-corrected chi connectivity index (χ4v) is 0.375. The van der Waals surface area contributed by atoms with E-state index < -0.39 is 0 Å². The predicted molar refractivity (Wildman–Crippen MR) is 42.0 cm³/mol. The summed E-state index contributed by atoms with van der Waals surface area (Å²) in [7, 11) is 0. The van der Waals surface area contributed by atoms with Crippen molar-refractivity contribution in [1.82, 2.24) is 0 Å². The van der Waals surface area contributed by atoms with E-state index in [1.165, 1.54) is 11.1 Å². The van der Waals surface area contributed by atoms with E-state index in [1.54, 1.807) is 0 Å². The first-order chi connectivity index (χ1) is 3.72. The zero-order valence-corrected chi connectivity index (χ0v) is 10.1. The smallest absolute Gasteiger partial charge is 0.0569 e. The van der Waals surface area contributed by atoms with Crippen LogP contribution >= 0.6 is 0 Å². The van der Waals surface area contributed by atoms with Gasteiger partial charge in [0.2, 0.25) is 0 Å². The predicted octanol–water partition coefficient (Wildman–Crippen LogP) is -0.852. The molecule has 0 aliphatic heterocycles. The molecule has 0 aromatic carbocycles. The third-order valence-electron chi connectivity index (χ3n) is 1.31. The first-order valence-corrected chi connectivity index (χ1v) is 2.75. The minimum absolute atomic E-state index is 0. The van der Waals surface area contributed by atoms with E-state index in [4.69, 9.17) is 0 Å². The molecule has 3 radical (unpaired) electrons. The molecular formula is C8H12ClGa-. The van der Waals surface area contributed by atoms with Gasteiger partial charge in [-0.05, 0) is 13.0 Å². The second kappa shape index (κ2) is 9.32. The van der Waals surface area contributed by atoms with E-state index >= 15 is 0 Å². The molecule has 0 aliphatic rings. The number of halogens is 1. The quantitative estimate of drug-likeness (QED) is 0.302. The van der Waals surface area contributed by atoms with E-state index in [0.29, 0.717) is 0 Å². The average molecular weight is 213 g/mol. The van der Waals surface area contributed by atoms with Crippen LogP contribution in [0.4, 0.5) is 0 Å². The molecule has 0 heterocycles. The molecule has 0 spiro atoms. The molecule has 0 aromatic rings. The maximum absolute atomic E-state index is 3.03. The van der Waals surface area contributed by atoms with Gasteiger partial charge in [-0.25, -0.2) is 0 Å².